The summed E-state index contributed by atoms with van der Waals surface area (Å²) in [5, 5.41) is 0. The molecule has 1 aliphatic rings. The van der Waals surface area contributed by atoms with Crippen molar-refractivity contribution in [2.45, 2.75) is 46.5 Å². The summed E-state index contributed by atoms with van der Waals surface area (Å²) in [6, 6.07) is 0.332. The maximum Gasteiger partial charge on any atom is 0.323 e. The number of hydrogen-bond acceptors (Lipinski definition) is 7. The van der Waals surface area contributed by atoms with E-state index in [1.54, 1.807) is 0 Å². The molecule has 1 fully saturated rings. The Labute approximate surface area is 126 Å². The van der Waals surface area contributed by atoms with Crippen molar-refractivity contribution in [3.8, 4) is 6.01 Å². The van der Waals surface area contributed by atoms with E-state index in [2.05, 4.69) is 39.1 Å². The number of nitrogens with two attached hydrogens (primary N) is 1. The highest BCUT2D eigenvalue weighted by Gasteiger charge is 2.24. The van der Waals surface area contributed by atoms with Crippen LogP contribution in [0.25, 0.3) is 0 Å². The maximum atomic E-state index is 5.52. The van der Waals surface area contributed by atoms with Crippen LogP contribution in [0, 0.1) is 5.41 Å². The van der Waals surface area contributed by atoms with Crippen LogP contribution in [0.2, 0.25) is 0 Å². The molecule has 1 aromatic rings. The molecule has 1 aromatic heterocycles. The van der Waals surface area contributed by atoms with Crippen molar-refractivity contribution >= 4 is 11.9 Å². The van der Waals surface area contributed by atoms with Crippen molar-refractivity contribution in [3.63, 3.8) is 0 Å². The highest BCUT2D eigenvalue weighted by atomic mass is 16.5. The molecule has 0 spiro atoms. The van der Waals surface area contributed by atoms with Crippen molar-refractivity contribution in [2.24, 2.45) is 11.3 Å². The van der Waals surface area contributed by atoms with Crippen molar-refractivity contribution in [3.05, 3.63) is 0 Å². The lowest BCUT2D eigenvalue weighted by atomic mass is 9.85. The highest BCUT2D eigenvalue weighted by Crippen LogP contribution is 2.31. The number of ether oxygens (including phenoxy) is 1. The van der Waals surface area contributed by atoms with Crippen molar-refractivity contribution in [2.75, 3.05) is 30.0 Å². The summed E-state index contributed by atoms with van der Waals surface area (Å²) >= 11 is 0. The monoisotopic (exact) mass is 294 g/mol. The van der Waals surface area contributed by atoms with Gasteiger partial charge in [0.25, 0.3) is 0 Å². The minimum Gasteiger partial charge on any atom is -0.463 e. The van der Waals surface area contributed by atoms with E-state index in [1.807, 2.05) is 6.92 Å². The summed E-state index contributed by atoms with van der Waals surface area (Å²) < 4.78 is 5.52. The Kier molecular flexibility index (Phi) is 5.17. The fourth-order valence-corrected chi connectivity index (χ4v) is 2.43. The summed E-state index contributed by atoms with van der Waals surface area (Å²) in [6.45, 7) is 9.14. The predicted molar refractivity (Wildman–Crippen MR) is 83.3 cm³/mol. The second kappa shape index (κ2) is 6.89. The Morgan fingerprint density at radius 1 is 1.24 bits per heavy atom. The van der Waals surface area contributed by atoms with Gasteiger partial charge in [0.15, 0.2) is 0 Å². The number of nitrogens with zero attached hydrogens (tertiary/aromatic N) is 4. The second-order valence-corrected chi connectivity index (χ2v) is 6.24. The topological polar surface area (TPSA) is 89.2 Å². The van der Waals surface area contributed by atoms with Crippen molar-refractivity contribution in [1.82, 2.24) is 15.0 Å². The van der Waals surface area contributed by atoms with E-state index < -0.39 is 0 Å². The molecule has 3 N–H and O–H groups in total. The molecule has 2 rings (SSSR count). The molecule has 0 unspecified atom stereocenters. The van der Waals surface area contributed by atoms with Crippen molar-refractivity contribution in [1.29, 1.82) is 0 Å². The number of hydrogen-bond donors (Lipinski definition) is 2. The fourth-order valence-electron chi connectivity index (χ4n) is 2.43. The molecular weight excluding hydrogens is 268 g/mol. The lowest BCUT2D eigenvalue weighted by Gasteiger charge is -2.23. The Morgan fingerprint density at radius 3 is 2.76 bits per heavy atom. The molecule has 7 nitrogen and oxygen atoms in total. The average molecular weight is 294 g/mol. The third-order valence-electron chi connectivity index (χ3n) is 3.79. The summed E-state index contributed by atoms with van der Waals surface area (Å²) in [4.78, 5) is 15.1. The first-order valence-corrected chi connectivity index (χ1v) is 7.64. The molecule has 21 heavy (non-hydrogen) atoms. The number of nitrogen functional groups attached to an aromatic ring is 1. The quantitative estimate of drug-likeness (QED) is 0.634. The smallest absolute Gasteiger partial charge is 0.323 e. The van der Waals surface area contributed by atoms with Crippen LogP contribution in [0.3, 0.4) is 0 Å². The van der Waals surface area contributed by atoms with Gasteiger partial charge < -0.3 is 9.64 Å². The van der Waals surface area contributed by atoms with Gasteiger partial charge in [-0.1, -0.05) is 20.8 Å². The summed E-state index contributed by atoms with van der Waals surface area (Å²) in [7, 11) is 0. The van der Waals surface area contributed by atoms with Crippen molar-refractivity contribution < 1.29 is 4.74 Å². The SMILES string of the molecule is CCCOc1nc(NN)nc(N2CCCC(C)(C)CC2)n1. The van der Waals surface area contributed by atoms with Gasteiger partial charge in [0.05, 0.1) is 6.61 Å². The summed E-state index contributed by atoms with van der Waals surface area (Å²) in [5.74, 6) is 6.43. The normalized spacial score (nSPS) is 18.2. The number of nitrogens with one attached hydrogen (secondary N) is 1. The highest BCUT2D eigenvalue weighted by molar-refractivity contribution is 5.37. The third kappa shape index (κ3) is 4.42. The van der Waals surface area contributed by atoms with Crippen LogP contribution in [0.4, 0.5) is 11.9 Å². The van der Waals surface area contributed by atoms with Crippen LogP contribution in [-0.2, 0) is 0 Å². The average Bonchev–Trinajstić information content (AvgIpc) is 2.65. The van der Waals surface area contributed by atoms with Gasteiger partial charge in [0.1, 0.15) is 0 Å². The van der Waals surface area contributed by atoms with Crippen LogP contribution in [-0.4, -0.2) is 34.6 Å². The van der Waals surface area contributed by atoms with Crippen LogP contribution >= 0.6 is 0 Å². The molecule has 1 aliphatic heterocycles. The van der Waals surface area contributed by atoms with E-state index in [0.29, 0.717) is 29.9 Å². The first kappa shape index (κ1) is 15.8. The van der Waals surface area contributed by atoms with Crippen LogP contribution in [0.15, 0.2) is 0 Å². The molecule has 118 valence electrons. The molecule has 2 heterocycles. The zero-order valence-corrected chi connectivity index (χ0v) is 13.2. The number of anilines is 2. The molecule has 0 bridgehead atoms. The molecule has 0 atom stereocenters. The summed E-state index contributed by atoms with van der Waals surface area (Å²) in [6.07, 6.45) is 4.38. The molecular formula is C14H26N6O. The first-order valence-electron chi connectivity index (χ1n) is 7.64. The van der Waals surface area contributed by atoms with Gasteiger partial charge >= 0.3 is 6.01 Å². The molecule has 0 aliphatic carbocycles. The Bertz CT molecular complexity index is 465. The molecule has 0 aromatic carbocycles. The molecule has 0 saturated carbocycles. The van der Waals surface area contributed by atoms with Crippen LogP contribution < -0.4 is 20.9 Å². The Morgan fingerprint density at radius 2 is 2.05 bits per heavy atom. The second-order valence-electron chi connectivity index (χ2n) is 6.24. The van der Waals surface area contributed by atoms with Gasteiger partial charge in [-0.15, -0.1) is 0 Å². The Balaban J connectivity index is 2.17. The van der Waals surface area contributed by atoms with Gasteiger partial charge in [0.2, 0.25) is 11.9 Å². The standard InChI is InChI=1S/C14H26N6O/c1-4-10-21-13-17-11(19-15)16-12(18-13)20-8-5-6-14(2,3)7-9-20/h4-10,15H2,1-3H3,(H,16,17,18,19). The lowest BCUT2D eigenvalue weighted by molar-refractivity contribution is 0.291. The van der Waals surface area contributed by atoms with E-state index in [9.17, 15) is 0 Å². The minimum atomic E-state index is 0.332. The van der Waals surface area contributed by atoms with Gasteiger partial charge in [0, 0.05) is 13.1 Å². The van der Waals surface area contributed by atoms with E-state index >= 15 is 0 Å². The molecule has 0 radical (unpaired) electrons. The zero-order chi connectivity index (χ0) is 15.3. The number of hydrazine groups is 1. The maximum absolute atomic E-state index is 5.52. The van der Waals surface area contributed by atoms with E-state index in [-0.39, 0.29) is 0 Å². The van der Waals surface area contributed by atoms with Gasteiger partial charge in [-0.2, -0.15) is 15.0 Å². The van der Waals surface area contributed by atoms with Gasteiger partial charge in [-0.3, -0.25) is 5.43 Å². The largest absolute Gasteiger partial charge is 0.463 e. The van der Waals surface area contributed by atoms with Gasteiger partial charge in [-0.05, 0) is 31.1 Å². The zero-order valence-electron chi connectivity index (χ0n) is 13.2. The third-order valence-corrected chi connectivity index (χ3v) is 3.79. The Hall–Kier alpha value is -1.63. The fraction of sp³-hybridized carbons (Fsp3) is 0.786. The lowest BCUT2D eigenvalue weighted by Crippen LogP contribution is -2.28. The minimum absolute atomic E-state index is 0.332. The predicted octanol–water partition coefficient (Wildman–Crippen LogP) is 1.96. The van der Waals surface area contributed by atoms with E-state index in [4.69, 9.17) is 10.6 Å². The first-order chi connectivity index (χ1) is 10.0. The molecule has 7 heteroatoms. The number of aromatic nitrogens is 3. The van der Waals surface area contributed by atoms with E-state index in [0.717, 1.165) is 32.4 Å². The van der Waals surface area contributed by atoms with Crippen LogP contribution in [0.1, 0.15) is 46.5 Å². The molecule has 0 amide bonds. The van der Waals surface area contributed by atoms with Gasteiger partial charge in [-0.25, -0.2) is 5.84 Å². The van der Waals surface area contributed by atoms with E-state index in [1.165, 1.54) is 6.42 Å². The summed E-state index contributed by atoms with van der Waals surface area (Å²) in [5.41, 5.74) is 2.86. The number of rotatable bonds is 5. The van der Waals surface area contributed by atoms with Crippen LogP contribution in [0.5, 0.6) is 6.01 Å². The molecule has 1 saturated heterocycles.